The second-order valence-corrected chi connectivity index (χ2v) is 7.02. The number of hydrogen-bond donors (Lipinski definition) is 1. The Bertz CT molecular complexity index is 453. The van der Waals surface area contributed by atoms with Gasteiger partial charge in [0.25, 0.3) is 0 Å². The average molecular weight is 274 g/mol. The highest BCUT2D eigenvalue weighted by atomic mass is 15.2. The molecule has 4 unspecified atom stereocenters. The number of piperidine rings is 1. The molecule has 20 heavy (non-hydrogen) atoms. The first-order valence-electron chi connectivity index (χ1n) is 8.00. The summed E-state index contributed by atoms with van der Waals surface area (Å²) in [5.41, 5.74) is 10.2. The van der Waals surface area contributed by atoms with Crippen LogP contribution >= 0.6 is 0 Å². The van der Waals surface area contributed by atoms with E-state index >= 15 is 0 Å². The third kappa shape index (κ3) is 3.35. The highest BCUT2D eigenvalue weighted by Crippen LogP contribution is 2.34. The Morgan fingerprint density at radius 3 is 2.65 bits per heavy atom. The minimum atomic E-state index is 0.213. The summed E-state index contributed by atoms with van der Waals surface area (Å²) in [7, 11) is 0. The van der Waals surface area contributed by atoms with Crippen molar-refractivity contribution < 1.29 is 0 Å². The van der Waals surface area contributed by atoms with Crippen molar-refractivity contribution in [2.75, 3.05) is 11.4 Å². The summed E-state index contributed by atoms with van der Waals surface area (Å²) in [6.07, 6.45) is 2.30. The topological polar surface area (TPSA) is 29.3 Å². The van der Waals surface area contributed by atoms with Gasteiger partial charge in [-0.25, -0.2) is 0 Å². The molecule has 0 aliphatic carbocycles. The smallest absolute Gasteiger partial charge is 0.0402 e. The summed E-state index contributed by atoms with van der Waals surface area (Å²) in [6, 6.07) is 7.67. The molecular formula is C18H30N2. The van der Waals surface area contributed by atoms with Crippen LogP contribution in [0.3, 0.4) is 0 Å². The number of rotatable bonds is 3. The Morgan fingerprint density at radius 2 is 2.00 bits per heavy atom. The summed E-state index contributed by atoms with van der Waals surface area (Å²) >= 11 is 0. The molecule has 2 N–H and O–H groups in total. The Kier molecular flexibility index (Phi) is 4.74. The van der Waals surface area contributed by atoms with E-state index in [2.05, 4.69) is 57.7 Å². The summed E-state index contributed by atoms with van der Waals surface area (Å²) < 4.78 is 0. The fourth-order valence-corrected chi connectivity index (χ4v) is 3.54. The molecule has 0 amide bonds. The van der Waals surface area contributed by atoms with Crippen LogP contribution in [-0.4, -0.2) is 18.6 Å². The molecule has 1 aliphatic heterocycles. The van der Waals surface area contributed by atoms with Gasteiger partial charge in [-0.2, -0.15) is 0 Å². The third-order valence-corrected chi connectivity index (χ3v) is 4.68. The number of aryl methyl sites for hydroxylation is 1. The van der Waals surface area contributed by atoms with Crippen molar-refractivity contribution in [1.82, 2.24) is 0 Å². The molecule has 2 nitrogen and oxygen atoms in total. The minimum Gasteiger partial charge on any atom is -0.368 e. The normalized spacial score (nSPS) is 28.5. The molecule has 1 saturated heterocycles. The second kappa shape index (κ2) is 6.17. The lowest BCUT2D eigenvalue weighted by Gasteiger charge is -2.43. The zero-order valence-corrected chi connectivity index (χ0v) is 13.7. The molecule has 0 bridgehead atoms. The Hall–Kier alpha value is -1.02. The highest BCUT2D eigenvalue weighted by molar-refractivity contribution is 5.56. The van der Waals surface area contributed by atoms with Crippen LogP contribution < -0.4 is 10.6 Å². The van der Waals surface area contributed by atoms with E-state index in [1.165, 1.54) is 29.8 Å². The highest BCUT2D eigenvalue weighted by Gasteiger charge is 2.29. The quantitative estimate of drug-likeness (QED) is 0.909. The molecule has 2 rings (SSSR count). The van der Waals surface area contributed by atoms with Gasteiger partial charge < -0.3 is 10.6 Å². The number of nitrogens with zero attached hydrogens (tertiary/aromatic N) is 1. The molecule has 0 saturated carbocycles. The molecule has 1 fully saturated rings. The molecule has 1 aliphatic rings. The maximum Gasteiger partial charge on any atom is 0.0402 e. The Balaban J connectivity index is 2.35. The lowest BCUT2D eigenvalue weighted by Crippen LogP contribution is -2.46. The molecule has 0 aromatic heterocycles. The van der Waals surface area contributed by atoms with Crippen LogP contribution in [0.1, 0.15) is 45.2 Å². The van der Waals surface area contributed by atoms with E-state index in [1.54, 1.807) is 0 Å². The van der Waals surface area contributed by atoms with Crippen molar-refractivity contribution >= 4 is 5.69 Å². The average Bonchev–Trinajstić information content (AvgIpc) is 2.33. The van der Waals surface area contributed by atoms with Gasteiger partial charge in [-0.15, -0.1) is 0 Å². The van der Waals surface area contributed by atoms with Crippen LogP contribution in [0.4, 0.5) is 5.69 Å². The molecule has 1 aromatic carbocycles. The zero-order valence-electron chi connectivity index (χ0n) is 13.7. The number of anilines is 1. The van der Waals surface area contributed by atoms with Gasteiger partial charge in [0.05, 0.1) is 0 Å². The van der Waals surface area contributed by atoms with E-state index in [1.807, 2.05) is 0 Å². The van der Waals surface area contributed by atoms with Crippen LogP contribution in [0.25, 0.3) is 0 Å². The van der Waals surface area contributed by atoms with Crippen molar-refractivity contribution in [3.8, 4) is 0 Å². The summed E-state index contributed by atoms with van der Waals surface area (Å²) in [5.74, 6) is 1.52. The first-order chi connectivity index (χ1) is 9.38. The van der Waals surface area contributed by atoms with Crippen LogP contribution in [0, 0.1) is 18.8 Å². The third-order valence-electron chi connectivity index (χ3n) is 4.68. The van der Waals surface area contributed by atoms with E-state index in [-0.39, 0.29) is 6.04 Å². The lowest BCUT2D eigenvalue weighted by molar-refractivity contribution is 0.296. The van der Waals surface area contributed by atoms with Gasteiger partial charge in [0.2, 0.25) is 0 Å². The fraction of sp³-hybridized carbons (Fsp3) is 0.667. The molecule has 2 heteroatoms. The van der Waals surface area contributed by atoms with Crippen LogP contribution in [0.5, 0.6) is 0 Å². The lowest BCUT2D eigenvalue weighted by atomic mass is 9.85. The maximum atomic E-state index is 6.04. The van der Waals surface area contributed by atoms with Crippen molar-refractivity contribution in [3.05, 3.63) is 29.3 Å². The predicted octanol–water partition coefficient (Wildman–Crippen LogP) is 3.76. The number of benzene rings is 1. The largest absolute Gasteiger partial charge is 0.368 e. The van der Waals surface area contributed by atoms with E-state index in [4.69, 9.17) is 5.73 Å². The SMILES string of the molecule is Cc1ccc(N2CC(C)CC(C)C2C)c(CC(C)N)c1. The molecule has 0 spiro atoms. The van der Waals surface area contributed by atoms with E-state index in [0.717, 1.165) is 18.3 Å². The van der Waals surface area contributed by atoms with Crippen LogP contribution in [0.2, 0.25) is 0 Å². The first kappa shape index (κ1) is 15.4. The standard InChI is InChI=1S/C18H30N2/c1-12-6-7-18(17(9-12)10-15(4)19)20-11-13(2)8-14(3)16(20)5/h6-7,9,13-16H,8,10-11,19H2,1-5H3. The van der Waals surface area contributed by atoms with E-state index < -0.39 is 0 Å². The van der Waals surface area contributed by atoms with Crippen LogP contribution in [0.15, 0.2) is 18.2 Å². The summed E-state index contributed by atoms with van der Waals surface area (Å²) in [6.45, 7) is 12.5. The Labute approximate surface area is 124 Å². The summed E-state index contributed by atoms with van der Waals surface area (Å²) in [4.78, 5) is 2.61. The van der Waals surface area contributed by atoms with Gasteiger partial charge in [-0.1, -0.05) is 31.5 Å². The molecule has 1 heterocycles. The van der Waals surface area contributed by atoms with E-state index in [0.29, 0.717) is 6.04 Å². The van der Waals surface area contributed by atoms with Gasteiger partial charge in [0.15, 0.2) is 0 Å². The molecule has 4 atom stereocenters. The van der Waals surface area contributed by atoms with Crippen molar-refractivity contribution in [1.29, 1.82) is 0 Å². The molecular weight excluding hydrogens is 244 g/mol. The van der Waals surface area contributed by atoms with E-state index in [9.17, 15) is 0 Å². The predicted molar refractivity (Wildman–Crippen MR) is 88.3 cm³/mol. The number of hydrogen-bond acceptors (Lipinski definition) is 2. The maximum absolute atomic E-state index is 6.04. The fourth-order valence-electron chi connectivity index (χ4n) is 3.54. The van der Waals surface area contributed by atoms with Gasteiger partial charge in [-0.05, 0) is 57.1 Å². The number of nitrogens with two attached hydrogens (primary N) is 1. The van der Waals surface area contributed by atoms with Crippen LogP contribution in [-0.2, 0) is 6.42 Å². The molecule has 0 radical (unpaired) electrons. The second-order valence-electron chi connectivity index (χ2n) is 7.02. The zero-order chi connectivity index (χ0) is 14.9. The van der Waals surface area contributed by atoms with Crippen molar-refractivity contribution in [3.63, 3.8) is 0 Å². The first-order valence-corrected chi connectivity index (χ1v) is 8.00. The molecule has 1 aromatic rings. The van der Waals surface area contributed by atoms with Gasteiger partial charge >= 0.3 is 0 Å². The van der Waals surface area contributed by atoms with Crippen molar-refractivity contribution in [2.24, 2.45) is 17.6 Å². The minimum absolute atomic E-state index is 0.213. The van der Waals surface area contributed by atoms with Gasteiger partial charge in [0, 0.05) is 24.3 Å². The van der Waals surface area contributed by atoms with Crippen molar-refractivity contribution in [2.45, 2.75) is 59.5 Å². The summed E-state index contributed by atoms with van der Waals surface area (Å²) in [5, 5.41) is 0. The molecule has 112 valence electrons. The van der Waals surface area contributed by atoms with Gasteiger partial charge in [-0.3, -0.25) is 0 Å². The van der Waals surface area contributed by atoms with Gasteiger partial charge in [0.1, 0.15) is 0 Å². The Morgan fingerprint density at radius 1 is 1.30 bits per heavy atom. The monoisotopic (exact) mass is 274 g/mol.